The smallest absolute Gasteiger partial charge is 0.126 e. The number of aromatic nitrogens is 2. The zero-order valence-electron chi connectivity index (χ0n) is 12.9. The molecule has 2 atom stereocenters. The molecule has 4 heteroatoms. The molecule has 0 saturated carbocycles. The standard InChI is InChI=1S/C17H23FN2O/c1-4-13(2)20-10-9-15(19-20)12-17(3,21)11-14-7-5-6-8-16(14)18/h5-10,13,21H,4,11-12H2,1-3H3. The molecule has 1 heterocycles. The highest BCUT2D eigenvalue weighted by Crippen LogP contribution is 2.20. The van der Waals surface area contributed by atoms with E-state index in [1.165, 1.54) is 6.07 Å². The van der Waals surface area contributed by atoms with Gasteiger partial charge in [0.1, 0.15) is 5.82 Å². The summed E-state index contributed by atoms with van der Waals surface area (Å²) in [7, 11) is 0. The highest BCUT2D eigenvalue weighted by molar-refractivity contribution is 5.20. The Hall–Kier alpha value is -1.68. The summed E-state index contributed by atoms with van der Waals surface area (Å²) in [5, 5.41) is 15.0. The third-order valence-electron chi connectivity index (χ3n) is 3.80. The van der Waals surface area contributed by atoms with E-state index in [0.717, 1.165) is 12.1 Å². The molecule has 0 aliphatic carbocycles. The predicted molar refractivity (Wildman–Crippen MR) is 81.7 cm³/mol. The molecular weight excluding hydrogens is 267 g/mol. The lowest BCUT2D eigenvalue weighted by molar-refractivity contribution is 0.0587. The topological polar surface area (TPSA) is 38.0 Å². The lowest BCUT2D eigenvalue weighted by atomic mass is 9.92. The SMILES string of the molecule is CCC(C)n1ccc(CC(C)(O)Cc2ccccc2F)n1. The quantitative estimate of drug-likeness (QED) is 0.884. The zero-order chi connectivity index (χ0) is 15.5. The molecule has 3 nitrogen and oxygen atoms in total. The van der Waals surface area contributed by atoms with E-state index in [4.69, 9.17) is 0 Å². The Bertz CT molecular complexity index is 592. The minimum Gasteiger partial charge on any atom is -0.389 e. The van der Waals surface area contributed by atoms with E-state index in [-0.39, 0.29) is 12.2 Å². The Morgan fingerprint density at radius 3 is 2.67 bits per heavy atom. The molecule has 0 aliphatic rings. The zero-order valence-corrected chi connectivity index (χ0v) is 12.9. The number of nitrogens with zero attached hydrogens (tertiary/aromatic N) is 2. The first-order valence-corrected chi connectivity index (χ1v) is 7.41. The van der Waals surface area contributed by atoms with E-state index in [2.05, 4.69) is 18.9 Å². The lowest BCUT2D eigenvalue weighted by Gasteiger charge is -2.22. The summed E-state index contributed by atoms with van der Waals surface area (Å²) in [4.78, 5) is 0. The fraction of sp³-hybridized carbons (Fsp3) is 0.471. The number of halogens is 1. The van der Waals surface area contributed by atoms with Crippen molar-refractivity contribution in [3.05, 3.63) is 53.6 Å². The molecular formula is C17H23FN2O. The molecule has 114 valence electrons. The number of hydrogen-bond donors (Lipinski definition) is 1. The molecule has 0 radical (unpaired) electrons. The largest absolute Gasteiger partial charge is 0.389 e. The van der Waals surface area contributed by atoms with Gasteiger partial charge in [-0.1, -0.05) is 25.1 Å². The molecule has 0 spiro atoms. The molecule has 1 aromatic carbocycles. The number of benzene rings is 1. The van der Waals surface area contributed by atoms with Gasteiger partial charge in [-0.25, -0.2) is 4.39 Å². The first-order chi connectivity index (χ1) is 9.91. The second-order valence-corrected chi connectivity index (χ2v) is 5.99. The number of rotatable bonds is 6. The average Bonchev–Trinajstić information content (AvgIpc) is 2.88. The highest BCUT2D eigenvalue weighted by Gasteiger charge is 2.24. The van der Waals surface area contributed by atoms with Crippen LogP contribution in [0.25, 0.3) is 0 Å². The van der Waals surface area contributed by atoms with Gasteiger partial charge in [-0.05, 0) is 38.0 Å². The van der Waals surface area contributed by atoms with Crippen molar-refractivity contribution in [3.8, 4) is 0 Å². The van der Waals surface area contributed by atoms with Crippen LogP contribution in [0, 0.1) is 5.82 Å². The van der Waals surface area contributed by atoms with Crippen LogP contribution in [0.4, 0.5) is 4.39 Å². The molecule has 0 fully saturated rings. The van der Waals surface area contributed by atoms with Crippen LogP contribution in [0.15, 0.2) is 36.5 Å². The molecule has 2 aromatic rings. The maximum absolute atomic E-state index is 13.7. The monoisotopic (exact) mass is 290 g/mol. The van der Waals surface area contributed by atoms with Crippen LogP contribution >= 0.6 is 0 Å². The van der Waals surface area contributed by atoms with Crippen molar-refractivity contribution in [3.63, 3.8) is 0 Å². The minimum atomic E-state index is -1.02. The Balaban J connectivity index is 2.07. The van der Waals surface area contributed by atoms with Gasteiger partial charge < -0.3 is 5.11 Å². The van der Waals surface area contributed by atoms with E-state index < -0.39 is 5.60 Å². The van der Waals surface area contributed by atoms with Gasteiger partial charge in [0.15, 0.2) is 0 Å². The molecule has 1 aromatic heterocycles. The van der Waals surface area contributed by atoms with Crippen molar-refractivity contribution in [2.24, 2.45) is 0 Å². The van der Waals surface area contributed by atoms with E-state index in [1.807, 2.05) is 16.9 Å². The van der Waals surface area contributed by atoms with Gasteiger partial charge in [-0.3, -0.25) is 4.68 Å². The Labute approximate surface area is 125 Å². The van der Waals surface area contributed by atoms with Crippen molar-refractivity contribution in [2.75, 3.05) is 0 Å². The third-order valence-corrected chi connectivity index (χ3v) is 3.80. The Morgan fingerprint density at radius 1 is 1.29 bits per heavy atom. The normalized spacial score (nSPS) is 15.7. The van der Waals surface area contributed by atoms with Gasteiger partial charge in [0.25, 0.3) is 0 Å². The first-order valence-electron chi connectivity index (χ1n) is 7.41. The lowest BCUT2D eigenvalue weighted by Crippen LogP contribution is -2.30. The Kier molecular flexibility index (Phi) is 4.78. The van der Waals surface area contributed by atoms with E-state index in [9.17, 15) is 9.50 Å². The molecule has 2 unspecified atom stereocenters. The summed E-state index contributed by atoms with van der Waals surface area (Å²) in [5.41, 5.74) is 0.345. The summed E-state index contributed by atoms with van der Waals surface area (Å²) in [6.45, 7) is 5.94. The van der Waals surface area contributed by atoms with Crippen molar-refractivity contribution < 1.29 is 9.50 Å². The fourth-order valence-corrected chi connectivity index (χ4v) is 2.41. The van der Waals surface area contributed by atoms with E-state index in [0.29, 0.717) is 18.0 Å². The molecule has 21 heavy (non-hydrogen) atoms. The van der Waals surface area contributed by atoms with Crippen LogP contribution in [-0.4, -0.2) is 20.5 Å². The molecule has 1 N–H and O–H groups in total. The summed E-state index contributed by atoms with van der Waals surface area (Å²) >= 11 is 0. The second-order valence-electron chi connectivity index (χ2n) is 5.99. The minimum absolute atomic E-state index is 0.274. The van der Waals surface area contributed by atoms with Crippen LogP contribution in [0.3, 0.4) is 0 Å². The van der Waals surface area contributed by atoms with Gasteiger partial charge in [0, 0.05) is 25.1 Å². The summed E-state index contributed by atoms with van der Waals surface area (Å²) in [6, 6.07) is 8.83. The van der Waals surface area contributed by atoms with Crippen molar-refractivity contribution in [1.82, 2.24) is 9.78 Å². The van der Waals surface area contributed by atoms with Crippen LogP contribution in [0.1, 0.15) is 44.5 Å². The summed E-state index contributed by atoms with van der Waals surface area (Å²) in [5.74, 6) is -0.275. The second kappa shape index (κ2) is 6.39. The maximum Gasteiger partial charge on any atom is 0.126 e. The van der Waals surface area contributed by atoms with Gasteiger partial charge in [-0.15, -0.1) is 0 Å². The van der Waals surface area contributed by atoms with Crippen molar-refractivity contribution in [1.29, 1.82) is 0 Å². The van der Waals surface area contributed by atoms with Crippen LogP contribution in [0.2, 0.25) is 0 Å². The van der Waals surface area contributed by atoms with E-state index >= 15 is 0 Å². The molecule has 0 saturated heterocycles. The summed E-state index contributed by atoms with van der Waals surface area (Å²) in [6.07, 6.45) is 3.62. The van der Waals surface area contributed by atoms with Crippen LogP contribution in [0.5, 0.6) is 0 Å². The molecule has 2 rings (SSSR count). The van der Waals surface area contributed by atoms with Crippen molar-refractivity contribution >= 4 is 0 Å². The summed E-state index contributed by atoms with van der Waals surface area (Å²) < 4.78 is 15.6. The predicted octanol–water partition coefficient (Wildman–Crippen LogP) is 3.53. The highest BCUT2D eigenvalue weighted by atomic mass is 19.1. The first kappa shape index (κ1) is 15.7. The molecule has 0 bridgehead atoms. The number of hydrogen-bond acceptors (Lipinski definition) is 2. The molecule has 0 aliphatic heterocycles. The Morgan fingerprint density at radius 2 is 2.00 bits per heavy atom. The van der Waals surface area contributed by atoms with E-state index in [1.54, 1.807) is 25.1 Å². The van der Waals surface area contributed by atoms with Crippen LogP contribution in [-0.2, 0) is 12.8 Å². The van der Waals surface area contributed by atoms with Gasteiger partial charge in [0.2, 0.25) is 0 Å². The van der Waals surface area contributed by atoms with Gasteiger partial charge in [0.05, 0.1) is 11.3 Å². The number of aliphatic hydroxyl groups is 1. The van der Waals surface area contributed by atoms with Crippen molar-refractivity contribution in [2.45, 2.75) is 51.7 Å². The average molecular weight is 290 g/mol. The third kappa shape index (κ3) is 4.14. The fourth-order valence-electron chi connectivity index (χ4n) is 2.41. The van der Waals surface area contributed by atoms with Crippen LogP contribution < -0.4 is 0 Å². The van der Waals surface area contributed by atoms with Gasteiger partial charge in [-0.2, -0.15) is 5.10 Å². The maximum atomic E-state index is 13.7. The van der Waals surface area contributed by atoms with Gasteiger partial charge >= 0.3 is 0 Å². The molecule has 0 amide bonds.